The van der Waals surface area contributed by atoms with E-state index in [0.717, 1.165) is 17.5 Å². The van der Waals surface area contributed by atoms with Crippen molar-refractivity contribution in [1.29, 1.82) is 0 Å². The first kappa shape index (κ1) is 17.5. The summed E-state index contributed by atoms with van der Waals surface area (Å²) in [6, 6.07) is 14.1. The Morgan fingerprint density at radius 1 is 1.15 bits per heavy atom. The number of hydrogen-bond acceptors (Lipinski definition) is 2. The maximum atomic E-state index is 13.6. The van der Waals surface area contributed by atoms with Crippen molar-refractivity contribution < 1.29 is 4.39 Å². The van der Waals surface area contributed by atoms with Gasteiger partial charge in [0, 0.05) is 24.0 Å². The van der Waals surface area contributed by atoms with E-state index in [9.17, 15) is 9.18 Å². The molecule has 2 aromatic heterocycles. The van der Waals surface area contributed by atoms with Gasteiger partial charge in [0.25, 0.3) is 5.56 Å². The molecule has 0 unspecified atom stereocenters. The van der Waals surface area contributed by atoms with Gasteiger partial charge >= 0.3 is 0 Å². The molecule has 0 atom stereocenters. The van der Waals surface area contributed by atoms with Gasteiger partial charge in [-0.25, -0.2) is 9.37 Å². The Labute approximate surface area is 160 Å². The molecular formula is C21H17ClFN3O. The van der Waals surface area contributed by atoms with Crippen LogP contribution in [0.4, 0.5) is 4.39 Å². The molecule has 2 heterocycles. The maximum Gasteiger partial charge on any atom is 0.263 e. The molecule has 0 spiro atoms. The van der Waals surface area contributed by atoms with Crippen LogP contribution in [0.25, 0.3) is 27.8 Å². The van der Waals surface area contributed by atoms with Crippen molar-refractivity contribution in [3.63, 3.8) is 0 Å². The second-order valence-electron chi connectivity index (χ2n) is 6.32. The van der Waals surface area contributed by atoms with E-state index in [1.807, 2.05) is 43.5 Å². The average Bonchev–Trinajstić information content (AvgIpc) is 3.07. The van der Waals surface area contributed by atoms with Crippen LogP contribution in [0.5, 0.6) is 0 Å². The summed E-state index contributed by atoms with van der Waals surface area (Å²) in [5.41, 5.74) is 2.78. The van der Waals surface area contributed by atoms with Crippen LogP contribution in [0, 0.1) is 5.82 Å². The highest BCUT2D eigenvalue weighted by atomic mass is 35.5. The summed E-state index contributed by atoms with van der Waals surface area (Å²) in [6.45, 7) is 2.62. The van der Waals surface area contributed by atoms with Gasteiger partial charge in [-0.1, -0.05) is 48.9 Å². The summed E-state index contributed by atoms with van der Waals surface area (Å²) in [6.07, 6.45) is 4.25. The number of fused-ring (bicyclic) bond motifs is 1. The van der Waals surface area contributed by atoms with Gasteiger partial charge in [-0.15, -0.1) is 0 Å². The predicted octanol–water partition coefficient (Wildman–Crippen LogP) is 5.06. The zero-order valence-corrected chi connectivity index (χ0v) is 15.4. The highest BCUT2D eigenvalue weighted by Crippen LogP contribution is 2.30. The van der Waals surface area contributed by atoms with Crippen LogP contribution in [0.2, 0.25) is 5.02 Å². The Morgan fingerprint density at radius 2 is 1.93 bits per heavy atom. The highest BCUT2D eigenvalue weighted by molar-refractivity contribution is 6.30. The van der Waals surface area contributed by atoms with E-state index in [1.54, 1.807) is 21.5 Å². The van der Waals surface area contributed by atoms with Crippen molar-refractivity contribution in [3.05, 3.63) is 82.2 Å². The van der Waals surface area contributed by atoms with Gasteiger partial charge in [-0.2, -0.15) is 0 Å². The van der Waals surface area contributed by atoms with Gasteiger partial charge in [0.1, 0.15) is 5.82 Å². The van der Waals surface area contributed by atoms with Crippen molar-refractivity contribution in [2.45, 2.75) is 19.9 Å². The maximum absolute atomic E-state index is 13.6. The molecular weight excluding hydrogens is 365 g/mol. The molecule has 0 N–H and O–H groups in total. The molecule has 0 aliphatic carbocycles. The van der Waals surface area contributed by atoms with E-state index in [1.165, 1.54) is 12.1 Å². The largest absolute Gasteiger partial charge is 0.300 e. The Kier molecular flexibility index (Phi) is 4.54. The number of rotatable bonds is 4. The lowest BCUT2D eigenvalue weighted by Gasteiger charge is -2.07. The lowest BCUT2D eigenvalue weighted by atomic mass is 10.1. The lowest BCUT2D eigenvalue weighted by molar-refractivity contribution is 0.628. The SMILES string of the molecule is CCCn1cnc2c(c(-c3ccccc3)cn2-c2ccc(F)c(Cl)c2)c1=O. The minimum atomic E-state index is -0.488. The minimum Gasteiger partial charge on any atom is -0.300 e. The third-order valence-electron chi connectivity index (χ3n) is 4.50. The molecule has 0 aliphatic heterocycles. The van der Waals surface area contributed by atoms with Crippen LogP contribution in [0.1, 0.15) is 13.3 Å². The monoisotopic (exact) mass is 381 g/mol. The van der Waals surface area contributed by atoms with E-state index in [-0.39, 0.29) is 10.6 Å². The summed E-state index contributed by atoms with van der Waals surface area (Å²) in [7, 11) is 0. The summed E-state index contributed by atoms with van der Waals surface area (Å²) >= 11 is 5.96. The molecule has 4 nitrogen and oxygen atoms in total. The quantitative estimate of drug-likeness (QED) is 0.496. The smallest absolute Gasteiger partial charge is 0.263 e. The van der Waals surface area contributed by atoms with E-state index in [2.05, 4.69) is 4.98 Å². The summed E-state index contributed by atoms with van der Waals surface area (Å²) in [4.78, 5) is 17.6. The summed E-state index contributed by atoms with van der Waals surface area (Å²) < 4.78 is 17.0. The number of hydrogen-bond donors (Lipinski definition) is 0. The van der Waals surface area contributed by atoms with Crippen molar-refractivity contribution in [3.8, 4) is 16.8 Å². The normalized spacial score (nSPS) is 11.2. The minimum absolute atomic E-state index is 0.0231. The van der Waals surface area contributed by atoms with Crippen molar-refractivity contribution in [2.24, 2.45) is 0 Å². The van der Waals surface area contributed by atoms with Crippen LogP contribution in [-0.2, 0) is 6.54 Å². The fourth-order valence-corrected chi connectivity index (χ4v) is 3.40. The van der Waals surface area contributed by atoms with Gasteiger partial charge < -0.3 is 4.57 Å². The molecule has 2 aromatic carbocycles. The third-order valence-corrected chi connectivity index (χ3v) is 4.79. The van der Waals surface area contributed by atoms with E-state index in [0.29, 0.717) is 23.3 Å². The molecule has 136 valence electrons. The molecule has 0 aliphatic rings. The number of benzene rings is 2. The summed E-state index contributed by atoms with van der Waals surface area (Å²) in [5.74, 6) is -0.488. The second kappa shape index (κ2) is 7.00. The van der Waals surface area contributed by atoms with Crippen molar-refractivity contribution in [2.75, 3.05) is 0 Å². The fraction of sp³-hybridized carbons (Fsp3) is 0.143. The van der Waals surface area contributed by atoms with Crippen LogP contribution in [-0.4, -0.2) is 14.1 Å². The molecule has 6 heteroatoms. The van der Waals surface area contributed by atoms with Crippen LogP contribution < -0.4 is 5.56 Å². The first-order valence-corrected chi connectivity index (χ1v) is 9.09. The highest BCUT2D eigenvalue weighted by Gasteiger charge is 2.17. The topological polar surface area (TPSA) is 39.8 Å². The average molecular weight is 382 g/mol. The van der Waals surface area contributed by atoms with E-state index < -0.39 is 5.82 Å². The van der Waals surface area contributed by atoms with Gasteiger partial charge in [0.05, 0.1) is 16.7 Å². The zero-order chi connectivity index (χ0) is 19.0. The predicted molar refractivity (Wildman–Crippen MR) is 106 cm³/mol. The number of aryl methyl sites for hydroxylation is 1. The standard InChI is InChI=1S/C21H17ClFN3O/c1-2-10-25-13-24-20-19(21(25)27)16(14-6-4-3-5-7-14)12-26(20)15-8-9-18(23)17(22)11-15/h3-9,11-13H,2,10H2,1H3. The van der Waals surface area contributed by atoms with Gasteiger partial charge in [-0.05, 0) is 30.2 Å². The lowest BCUT2D eigenvalue weighted by Crippen LogP contribution is -2.20. The first-order valence-electron chi connectivity index (χ1n) is 8.71. The molecule has 0 bridgehead atoms. The van der Waals surface area contributed by atoms with Crippen molar-refractivity contribution in [1.82, 2.24) is 14.1 Å². The molecule has 0 amide bonds. The number of aromatic nitrogens is 3. The molecule has 4 rings (SSSR count). The van der Waals surface area contributed by atoms with Crippen LogP contribution in [0.3, 0.4) is 0 Å². The third kappa shape index (κ3) is 3.04. The van der Waals surface area contributed by atoms with E-state index >= 15 is 0 Å². The van der Waals surface area contributed by atoms with Gasteiger partial charge in [0.2, 0.25) is 0 Å². The molecule has 0 radical (unpaired) electrons. The van der Waals surface area contributed by atoms with Crippen LogP contribution >= 0.6 is 11.6 Å². The van der Waals surface area contributed by atoms with E-state index in [4.69, 9.17) is 11.6 Å². The Morgan fingerprint density at radius 3 is 2.63 bits per heavy atom. The molecule has 0 saturated heterocycles. The Balaban J connectivity index is 2.05. The Bertz CT molecular complexity index is 1180. The Hall–Kier alpha value is -2.92. The van der Waals surface area contributed by atoms with Gasteiger partial charge in [-0.3, -0.25) is 9.36 Å². The van der Waals surface area contributed by atoms with Crippen LogP contribution in [0.15, 0.2) is 65.8 Å². The van der Waals surface area contributed by atoms with Gasteiger partial charge in [0.15, 0.2) is 5.65 Å². The number of nitrogens with zero attached hydrogens (tertiary/aromatic N) is 3. The molecule has 0 saturated carbocycles. The second-order valence-corrected chi connectivity index (χ2v) is 6.73. The summed E-state index contributed by atoms with van der Waals surface area (Å²) in [5, 5.41) is 0.563. The molecule has 0 fully saturated rings. The fourth-order valence-electron chi connectivity index (χ4n) is 3.22. The van der Waals surface area contributed by atoms with Crippen molar-refractivity contribution >= 4 is 22.6 Å². The molecule has 4 aromatic rings. The zero-order valence-electron chi connectivity index (χ0n) is 14.7. The molecule has 27 heavy (non-hydrogen) atoms. The first-order chi connectivity index (χ1) is 13.1. The number of halogens is 2.